The lowest BCUT2D eigenvalue weighted by Gasteiger charge is -2.37. The summed E-state index contributed by atoms with van der Waals surface area (Å²) in [5, 5.41) is 19.5. The number of rotatable bonds is 7. The van der Waals surface area contributed by atoms with Crippen LogP contribution in [0.3, 0.4) is 0 Å². The number of fused-ring (bicyclic) bond motifs is 1. The van der Waals surface area contributed by atoms with Gasteiger partial charge in [-0.05, 0) is 85.6 Å². The monoisotopic (exact) mass is 635 g/mol. The van der Waals surface area contributed by atoms with Gasteiger partial charge in [0.05, 0.1) is 17.1 Å². The van der Waals surface area contributed by atoms with Crippen molar-refractivity contribution in [2.75, 3.05) is 25.5 Å². The molecule has 0 spiro atoms. The highest BCUT2D eigenvalue weighted by molar-refractivity contribution is 6.33. The minimum atomic E-state index is -0.877. The third kappa shape index (κ3) is 5.59. The molecule has 5 aromatic carbocycles. The van der Waals surface area contributed by atoms with Gasteiger partial charge in [-0.15, -0.1) is 0 Å². The molecule has 0 bridgehead atoms. The average Bonchev–Trinajstić information content (AvgIpc) is 3.48. The highest BCUT2D eigenvalue weighted by Crippen LogP contribution is 2.44. The van der Waals surface area contributed by atoms with Gasteiger partial charge in [0.15, 0.2) is 5.82 Å². The number of aromatic nitrogens is 2. The van der Waals surface area contributed by atoms with E-state index in [0.717, 1.165) is 64.7 Å². The minimum absolute atomic E-state index is 0.0238. The van der Waals surface area contributed by atoms with Crippen LogP contribution < -0.4 is 5.32 Å². The van der Waals surface area contributed by atoms with Crippen LogP contribution in [0.1, 0.15) is 35.1 Å². The van der Waals surface area contributed by atoms with Crippen LogP contribution in [0.2, 0.25) is 5.02 Å². The topological polar surface area (TPSA) is 74.0 Å². The summed E-state index contributed by atoms with van der Waals surface area (Å²) in [6, 6.07) is 44.7. The van der Waals surface area contributed by atoms with Crippen molar-refractivity contribution in [1.82, 2.24) is 14.7 Å². The lowest BCUT2D eigenvalue weighted by Crippen LogP contribution is -2.39. The van der Waals surface area contributed by atoms with Crippen molar-refractivity contribution in [3.63, 3.8) is 0 Å². The summed E-state index contributed by atoms with van der Waals surface area (Å²) in [4.78, 5) is 16.1. The maximum absolute atomic E-state index is 13.8. The fourth-order valence-electron chi connectivity index (χ4n) is 6.84. The quantitative estimate of drug-likeness (QED) is 0.179. The molecule has 1 aromatic heterocycles. The summed E-state index contributed by atoms with van der Waals surface area (Å²) >= 11 is 6.69. The Bertz CT molecular complexity index is 1980. The van der Waals surface area contributed by atoms with E-state index < -0.39 is 5.54 Å². The highest BCUT2D eigenvalue weighted by atomic mass is 35.5. The minimum Gasteiger partial charge on any atom is -0.308 e. The fraction of sp³-hybridized carbons (Fsp3) is 0.175. The number of hydrogen-bond acceptors (Lipinski definition) is 4. The Balaban J connectivity index is 1.51. The highest BCUT2D eigenvalue weighted by Gasteiger charge is 2.41. The lowest BCUT2D eigenvalue weighted by molar-refractivity contribution is -0.121. The van der Waals surface area contributed by atoms with Crippen molar-refractivity contribution in [3.05, 3.63) is 155 Å². The van der Waals surface area contributed by atoms with Crippen molar-refractivity contribution < 1.29 is 4.79 Å². The Kier molecular flexibility index (Phi) is 8.34. The molecule has 1 aliphatic heterocycles. The van der Waals surface area contributed by atoms with Crippen molar-refractivity contribution in [2.24, 2.45) is 5.92 Å². The van der Waals surface area contributed by atoms with Gasteiger partial charge in [0, 0.05) is 21.9 Å². The Labute approximate surface area is 279 Å². The predicted molar refractivity (Wildman–Crippen MR) is 188 cm³/mol. The predicted octanol–water partition coefficient (Wildman–Crippen LogP) is 8.35. The molecule has 47 heavy (non-hydrogen) atoms. The molecule has 232 valence electrons. The number of piperidine rings is 1. The Morgan fingerprint density at radius 2 is 1.40 bits per heavy atom. The second-order valence-corrected chi connectivity index (χ2v) is 12.6. The lowest BCUT2D eigenvalue weighted by atomic mass is 9.77. The van der Waals surface area contributed by atoms with Crippen LogP contribution in [-0.2, 0) is 10.3 Å². The van der Waals surface area contributed by atoms with Crippen LogP contribution in [0.25, 0.3) is 22.0 Å². The molecule has 6 nitrogen and oxygen atoms in total. The van der Waals surface area contributed by atoms with Gasteiger partial charge in [0.1, 0.15) is 5.54 Å². The van der Waals surface area contributed by atoms with Crippen LogP contribution in [-0.4, -0.2) is 40.7 Å². The second kappa shape index (κ2) is 12.9. The first-order valence-electron chi connectivity index (χ1n) is 15.9. The SMILES string of the molecule is CN1CCC(C(=O)Nc2nn(C(c3ccccc3)(c3ccccc3)c3ccccc3)c3ccc(-c4cc(C#N)ccc4Cl)cc23)CC1. The molecule has 6 aromatic rings. The number of hydrogen-bond donors (Lipinski definition) is 1. The van der Waals surface area contributed by atoms with E-state index in [1.165, 1.54) is 0 Å². The molecule has 0 atom stereocenters. The first-order chi connectivity index (χ1) is 23.0. The third-order valence-electron chi connectivity index (χ3n) is 9.31. The van der Waals surface area contributed by atoms with E-state index in [1.54, 1.807) is 18.2 Å². The summed E-state index contributed by atoms with van der Waals surface area (Å²) < 4.78 is 2.06. The number of carbonyl (C=O) groups is 1. The number of halogens is 1. The van der Waals surface area contributed by atoms with Gasteiger partial charge < -0.3 is 10.2 Å². The molecule has 2 heterocycles. The van der Waals surface area contributed by atoms with Crippen molar-refractivity contribution >= 4 is 34.2 Å². The molecule has 7 rings (SSSR count). The summed E-state index contributed by atoms with van der Waals surface area (Å²) in [5.74, 6) is 0.369. The Hall–Kier alpha value is -5.22. The zero-order valence-electron chi connectivity index (χ0n) is 26.1. The number of anilines is 1. The number of carbonyl (C=O) groups excluding carboxylic acids is 1. The molecule has 0 unspecified atom stereocenters. The molecule has 1 amide bonds. The van der Waals surface area contributed by atoms with Gasteiger partial charge in [-0.2, -0.15) is 10.4 Å². The van der Waals surface area contributed by atoms with E-state index in [4.69, 9.17) is 16.7 Å². The zero-order valence-corrected chi connectivity index (χ0v) is 26.9. The molecule has 1 saturated heterocycles. The number of nitriles is 1. The van der Waals surface area contributed by atoms with E-state index in [1.807, 2.05) is 72.8 Å². The van der Waals surface area contributed by atoms with Crippen LogP contribution in [0.4, 0.5) is 5.82 Å². The first kappa shape index (κ1) is 30.4. The molecule has 1 fully saturated rings. The number of likely N-dealkylation sites (tertiary alicyclic amines) is 1. The smallest absolute Gasteiger partial charge is 0.228 e. The number of amides is 1. The van der Waals surface area contributed by atoms with E-state index in [9.17, 15) is 10.1 Å². The molecular formula is C40H34ClN5O. The van der Waals surface area contributed by atoms with Gasteiger partial charge in [-0.1, -0.05) is 109 Å². The normalized spacial score (nSPS) is 14.1. The molecule has 0 radical (unpaired) electrons. The summed E-state index contributed by atoms with van der Waals surface area (Å²) in [6.45, 7) is 1.76. The number of nitrogens with one attached hydrogen (secondary N) is 1. The van der Waals surface area contributed by atoms with E-state index in [-0.39, 0.29) is 11.8 Å². The summed E-state index contributed by atoms with van der Waals surface area (Å²) in [5.41, 5.74) is 5.16. The first-order valence-corrected chi connectivity index (χ1v) is 16.3. The fourth-order valence-corrected chi connectivity index (χ4v) is 7.07. The van der Waals surface area contributed by atoms with E-state index >= 15 is 0 Å². The number of nitrogens with zero attached hydrogens (tertiary/aromatic N) is 4. The third-order valence-corrected chi connectivity index (χ3v) is 9.64. The summed E-state index contributed by atoms with van der Waals surface area (Å²) in [7, 11) is 2.09. The summed E-state index contributed by atoms with van der Waals surface area (Å²) in [6.07, 6.45) is 1.59. The van der Waals surface area contributed by atoms with E-state index in [0.29, 0.717) is 16.4 Å². The Morgan fingerprint density at radius 1 is 0.830 bits per heavy atom. The van der Waals surface area contributed by atoms with Crippen LogP contribution >= 0.6 is 11.6 Å². The second-order valence-electron chi connectivity index (χ2n) is 12.2. The zero-order chi connectivity index (χ0) is 32.4. The van der Waals surface area contributed by atoms with Gasteiger partial charge in [-0.3, -0.25) is 4.79 Å². The van der Waals surface area contributed by atoms with E-state index in [2.05, 4.69) is 64.4 Å². The standard InChI is InChI=1S/C40H34ClN5O/c1-45-23-21-29(22-24-45)39(47)43-38-35-26-30(34-25-28(27-42)17-19-36(34)41)18-20-37(35)46(44-38)40(31-11-5-2-6-12-31,32-13-7-3-8-14-32)33-15-9-4-10-16-33/h2-20,25-26,29H,21-24H2,1H3,(H,43,44,47). The molecule has 1 aliphatic rings. The van der Waals surface area contributed by atoms with Gasteiger partial charge in [0.25, 0.3) is 0 Å². The Morgan fingerprint density at radius 3 is 1.96 bits per heavy atom. The van der Waals surface area contributed by atoms with Crippen molar-refractivity contribution in [1.29, 1.82) is 5.26 Å². The molecule has 7 heteroatoms. The molecule has 0 saturated carbocycles. The molecule has 0 aliphatic carbocycles. The van der Waals surface area contributed by atoms with Crippen molar-refractivity contribution in [2.45, 2.75) is 18.4 Å². The van der Waals surface area contributed by atoms with Crippen LogP contribution in [0, 0.1) is 17.2 Å². The van der Waals surface area contributed by atoms with Gasteiger partial charge in [0.2, 0.25) is 5.91 Å². The van der Waals surface area contributed by atoms with Gasteiger partial charge >= 0.3 is 0 Å². The maximum atomic E-state index is 13.8. The number of benzene rings is 5. The van der Waals surface area contributed by atoms with Gasteiger partial charge in [-0.25, -0.2) is 4.68 Å². The van der Waals surface area contributed by atoms with Crippen LogP contribution in [0.5, 0.6) is 0 Å². The van der Waals surface area contributed by atoms with Crippen LogP contribution in [0.15, 0.2) is 127 Å². The average molecular weight is 636 g/mol. The maximum Gasteiger partial charge on any atom is 0.228 e. The molecular weight excluding hydrogens is 602 g/mol. The van der Waals surface area contributed by atoms with Crippen molar-refractivity contribution in [3.8, 4) is 17.2 Å². The largest absolute Gasteiger partial charge is 0.308 e. The molecule has 1 N–H and O–H groups in total.